The maximum Gasteiger partial charge on any atom is 0.252 e. The Morgan fingerprint density at radius 2 is 2.33 bits per heavy atom. The predicted octanol–water partition coefficient (Wildman–Crippen LogP) is 0.865. The molecule has 0 aromatic heterocycles. The highest BCUT2D eigenvalue weighted by molar-refractivity contribution is 5.24. The van der Waals surface area contributed by atoms with E-state index in [0.717, 1.165) is 0 Å². The van der Waals surface area contributed by atoms with Crippen LogP contribution >= 0.6 is 0 Å². The third-order valence-corrected chi connectivity index (χ3v) is 2.20. The third-order valence-electron chi connectivity index (χ3n) is 2.20. The molecule has 0 aromatic rings. The smallest absolute Gasteiger partial charge is 0.252 e. The molecule has 12 heavy (non-hydrogen) atoms. The first-order valence-corrected chi connectivity index (χ1v) is 3.88. The van der Waals surface area contributed by atoms with Crippen LogP contribution in [-0.2, 0) is 0 Å². The van der Waals surface area contributed by atoms with Gasteiger partial charge in [-0.3, -0.25) is 10.1 Å². The number of hydrogen-bond acceptors (Lipinski definition) is 3. The fourth-order valence-electron chi connectivity index (χ4n) is 1.28. The topological polar surface area (TPSA) is 69.2 Å². The number of nitrogens with two attached hydrogens (primary N) is 1. The van der Waals surface area contributed by atoms with Gasteiger partial charge in [-0.05, 0) is 12.5 Å². The lowest BCUT2D eigenvalue weighted by Crippen LogP contribution is -2.52. The van der Waals surface area contributed by atoms with Crippen molar-refractivity contribution in [1.82, 2.24) is 0 Å². The van der Waals surface area contributed by atoms with Gasteiger partial charge in [-0.25, -0.2) is 0 Å². The third kappa shape index (κ3) is 1.38. The summed E-state index contributed by atoms with van der Waals surface area (Å²) in [6.45, 7) is 1.85. The summed E-state index contributed by atoms with van der Waals surface area (Å²) in [5.41, 5.74) is 5.02. The lowest BCUT2D eigenvalue weighted by Gasteiger charge is -2.27. The van der Waals surface area contributed by atoms with E-state index in [1.807, 2.05) is 6.92 Å². The molecule has 2 N–H and O–H groups in total. The number of nitrogens with zero attached hydrogens (tertiary/aromatic N) is 1. The van der Waals surface area contributed by atoms with E-state index in [9.17, 15) is 10.1 Å². The summed E-state index contributed by atoms with van der Waals surface area (Å²) in [4.78, 5) is 10.2. The van der Waals surface area contributed by atoms with Crippen LogP contribution in [0, 0.1) is 10.1 Å². The van der Waals surface area contributed by atoms with Crippen molar-refractivity contribution in [3.63, 3.8) is 0 Å². The molecule has 0 amide bonds. The summed E-state index contributed by atoms with van der Waals surface area (Å²) < 4.78 is 0. The van der Waals surface area contributed by atoms with E-state index in [2.05, 4.69) is 0 Å². The maximum absolute atomic E-state index is 10.6. The second kappa shape index (κ2) is 3.06. The van der Waals surface area contributed by atoms with E-state index >= 15 is 0 Å². The Balaban J connectivity index is 2.92. The molecule has 0 aliphatic heterocycles. The van der Waals surface area contributed by atoms with Crippen LogP contribution in [0.5, 0.6) is 0 Å². The van der Waals surface area contributed by atoms with Gasteiger partial charge < -0.3 is 5.73 Å². The Bertz CT molecular complexity index is 247. The van der Waals surface area contributed by atoms with Crippen LogP contribution < -0.4 is 5.73 Å². The Labute approximate surface area is 70.9 Å². The van der Waals surface area contributed by atoms with Crippen molar-refractivity contribution in [3.05, 3.63) is 34.4 Å². The molecular weight excluding hydrogens is 156 g/mol. The average Bonchev–Trinajstić information content (AvgIpc) is 2.05. The number of hydrogen-bond donors (Lipinski definition) is 1. The van der Waals surface area contributed by atoms with Crippen molar-refractivity contribution >= 4 is 0 Å². The summed E-state index contributed by atoms with van der Waals surface area (Å²) in [6.07, 6.45) is 7.21. The number of allylic oxidation sites excluding steroid dienone is 2. The molecule has 1 rings (SSSR count). The molecule has 0 saturated carbocycles. The zero-order valence-electron chi connectivity index (χ0n) is 6.93. The minimum Gasteiger partial charge on any atom is -0.316 e. The van der Waals surface area contributed by atoms with E-state index in [1.54, 1.807) is 18.2 Å². The molecule has 0 heterocycles. The van der Waals surface area contributed by atoms with Crippen molar-refractivity contribution < 1.29 is 4.92 Å². The highest BCUT2D eigenvalue weighted by Gasteiger charge is 2.39. The number of nitro groups is 1. The Kier molecular flexibility index (Phi) is 2.28. The lowest BCUT2D eigenvalue weighted by molar-refractivity contribution is -0.518. The maximum atomic E-state index is 10.6. The highest BCUT2D eigenvalue weighted by atomic mass is 16.6. The molecule has 1 aliphatic rings. The Morgan fingerprint density at radius 3 is 2.75 bits per heavy atom. The minimum absolute atomic E-state index is 0.344. The molecule has 0 fully saturated rings. The van der Waals surface area contributed by atoms with Crippen LogP contribution in [0.4, 0.5) is 0 Å². The van der Waals surface area contributed by atoms with Crippen LogP contribution in [0.15, 0.2) is 24.3 Å². The van der Waals surface area contributed by atoms with E-state index in [0.29, 0.717) is 6.42 Å². The van der Waals surface area contributed by atoms with Gasteiger partial charge in [0.05, 0.1) is 0 Å². The summed E-state index contributed by atoms with van der Waals surface area (Å²) in [5.74, 6) is 0. The fourth-order valence-corrected chi connectivity index (χ4v) is 1.28. The normalized spacial score (nSPS) is 33.7. The van der Waals surface area contributed by atoms with Crippen molar-refractivity contribution in [1.29, 1.82) is 0 Å². The van der Waals surface area contributed by atoms with E-state index in [4.69, 9.17) is 5.73 Å². The molecule has 0 spiro atoms. The van der Waals surface area contributed by atoms with Crippen LogP contribution in [-0.4, -0.2) is 16.5 Å². The standard InChI is InChI=1S/C8H12N2O2/c1-2-8(9)6-4-3-5-7(8)10(11)12/h3-7H,2,9H2,1H3. The summed E-state index contributed by atoms with van der Waals surface area (Å²) >= 11 is 0. The monoisotopic (exact) mass is 168 g/mol. The minimum atomic E-state index is -0.807. The van der Waals surface area contributed by atoms with Gasteiger partial charge in [0.1, 0.15) is 5.54 Å². The molecule has 66 valence electrons. The lowest BCUT2D eigenvalue weighted by atomic mass is 9.85. The number of rotatable bonds is 2. The summed E-state index contributed by atoms with van der Waals surface area (Å²) in [5, 5.41) is 10.6. The summed E-state index contributed by atoms with van der Waals surface area (Å²) in [6, 6.07) is -0.785. The van der Waals surface area contributed by atoms with Crippen molar-refractivity contribution in [2.75, 3.05) is 0 Å². The second-order valence-electron chi connectivity index (χ2n) is 2.94. The van der Waals surface area contributed by atoms with Crippen molar-refractivity contribution in [3.8, 4) is 0 Å². The molecule has 0 radical (unpaired) electrons. The molecule has 0 aromatic carbocycles. The van der Waals surface area contributed by atoms with Gasteiger partial charge in [0.15, 0.2) is 0 Å². The zero-order valence-corrected chi connectivity index (χ0v) is 6.93. The zero-order chi connectivity index (χ0) is 9.19. The quantitative estimate of drug-likeness (QED) is 0.491. The molecule has 4 nitrogen and oxygen atoms in total. The second-order valence-corrected chi connectivity index (χ2v) is 2.94. The van der Waals surface area contributed by atoms with Gasteiger partial charge in [0, 0.05) is 4.92 Å². The molecule has 0 saturated heterocycles. The first-order valence-electron chi connectivity index (χ1n) is 3.88. The molecular formula is C8H12N2O2. The summed E-state index contributed by atoms with van der Waals surface area (Å²) in [7, 11) is 0. The Hall–Kier alpha value is -1.16. The Morgan fingerprint density at radius 1 is 1.67 bits per heavy atom. The fraction of sp³-hybridized carbons (Fsp3) is 0.500. The predicted molar refractivity (Wildman–Crippen MR) is 46.3 cm³/mol. The van der Waals surface area contributed by atoms with Gasteiger partial charge in [-0.1, -0.05) is 25.2 Å². The van der Waals surface area contributed by atoms with E-state index in [1.165, 1.54) is 6.08 Å². The SMILES string of the molecule is CCC1(N)C=CC=CC1[N+](=O)[O-]. The van der Waals surface area contributed by atoms with Crippen LogP contribution in [0.2, 0.25) is 0 Å². The molecule has 4 heteroatoms. The highest BCUT2D eigenvalue weighted by Crippen LogP contribution is 2.21. The molecule has 0 bridgehead atoms. The van der Waals surface area contributed by atoms with Crippen molar-refractivity contribution in [2.45, 2.75) is 24.9 Å². The van der Waals surface area contributed by atoms with Gasteiger partial charge in [0.2, 0.25) is 0 Å². The molecule has 2 atom stereocenters. The average molecular weight is 168 g/mol. The van der Waals surface area contributed by atoms with Crippen LogP contribution in [0.1, 0.15) is 13.3 Å². The van der Waals surface area contributed by atoms with E-state index in [-0.39, 0.29) is 4.92 Å². The first kappa shape index (κ1) is 8.93. The van der Waals surface area contributed by atoms with Crippen molar-refractivity contribution in [2.24, 2.45) is 5.73 Å². The molecule has 1 aliphatic carbocycles. The molecule has 2 unspecified atom stereocenters. The van der Waals surface area contributed by atoms with Crippen LogP contribution in [0.25, 0.3) is 0 Å². The van der Waals surface area contributed by atoms with Gasteiger partial charge in [-0.15, -0.1) is 0 Å². The first-order chi connectivity index (χ1) is 5.60. The van der Waals surface area contributed by atoms with Gasteiger partial charge in [0.25, 0.3) is 6.04 Å². The van der Waals surface area contributed by atoms with Crippen LogP contribution in [0.3, 0.4) is 0 Å². The van der Waals surface area contributed by atoms with E-state index < -0.39 is 11.6 Å². The van der Waals surface area contributed by atoms with Gasteiger partial charge in [-0.2, -0.15) is 0 Å². The van der Waals surface area contributed by atoms with Gasteiger partial charge >= 0.3 is 0 Å². The largest absolute Gasteiger partial charge is 0.316 e.